The summed E-state index contributed by atoms with van der Waals surface area (Å²) in [5.41, 5.74) is 1.18. The summed E-state index contributed by atoms with van der Waals surface area (Å²) < 4.78 is 5.64. The lowest BCUT2D eigenvalue weighted by Crippen LogP contribution is -2.50. The van der Waals surface area contributed by atoms with Crippen LogP contribution < -0.4 is 5.43 Å². The number of aromatic amines is 1. The van der Waals surface area contributed by atoms with Crippen molar-refractivity contribution in [3.63, 3.8) is 0 Å². The molecule has 2 fully saturated rings. The number of likely N-dealkylation sites (N-methyl/N-ethyl adjacent to an activating group) is 1. The largest absolute Gasteiger partial charge is 0.440 e. The molecule has 0 saturated carbocycles. The van der Waals surface area contributed by atoms with Crippen molar-refractivity contribution < 1.29 is 9.53 Å². The van der Waals surface area contributed by atoms with Gasteiger partial charge in [0.25, 0.3) is 0 Å². The van der Waals surface area contributed by atoms with Crippen LogP contribution >= 0.6 is 11.6 Å². The predicted molar refractivity (Wildman–Crippen MR) is 95.9 cm³/mol. The lowest BCUT2D eigenvalue weighted by molar-refractivity contribution is -0.0116. The molecular formula is C18H20ClN3O3. The van der Waals surface area contributed by atoms with Crippen molar-refractivity contribution in [1.29, 1.82) is 0 Å². The lowest BCUT2D eigenvalue weighted by Gasteiger charge is -2.38. The molecule has 0 radical (unpaired) electrons. The van der Waals surface area contributed by atoms with Crippen molar-refractivity contribution in [3.05, 3.63) is 45.2 Å². The molecule has 1 spiro atoms. The molecule has 1 amide bonds. The van der Waals surface area contributed by atoms with E-state index in [2.05, 4.69) is 9.88 Å². The van der Waals surface area contributed by atoms with Gasteiger partial charge >= 0.3 is 6.09 Å². The monoisotopic (exact) mass is 361 g/mol. The fraction of sp³-hybridized carbons (Fsp3) is 0.444. The van der Waals surface area contributed by atoms with Gasteiger partial charge in [0.05, 0.1) is 6.54 Å². The highest BCUT2D eigenvalue weighted by Crippen LogP contribution is 2.31. The summed E-state index contributed by atoms with van der Waals surface area (Å²) in [5.74, 6) is 0. The summed E-state index contributed by atoms with van der Waals surface area (Å²) in [5, 5.41) is 1.15. The van der Waals surface area contributed by atoms with Crippen LogP contribution in [0.2, 0.25) is 5.02 Å². The van der Waals surface area contributed by atoms with Crippen molar-refractivity contribution in [3.8, 4) is 0 Å². The highest BCUT2D eigenvalue weighted by atomic mass is 35.5. The van der Waals surface area contributed by atoms with E-state index >= 15 is 0 Å². The van der Waals surface area contributed by atoms with E-state index in [0.29, 0.717) is 30.0 Å². The molecule has 6 nitrogen and oxygen atoms in total. The quantitative estimate of drug-likeness (QED) is 0.893. The second-order valence-electron chi connectivity index (χ2n) is 7.07. The van der Waals surface area contributed by atoms with Gasteiger partial charge in [0, 0.05) is 47.8 Å². The van der Waals surface area contributed by atoms with E-state index in [1.54, 1.807) is 30.1 Å². The molecule has 2 saturated heterocycles. The van der Waals surface area contributed by atoms with E-state index in [9.17, 15) is 9.59 Å². The van der Waals surface area contributed by atoms with Gasteiger partial charge in [-0.15, -0.1) is 0 Å². The Balaban J connectivity index is 1.56. The molecule has 2 aromatic rings. The fourth-order valence-corrected chi connectivity index (χ4v) is 4.10. The number of likely N-dealkylation sites (tertiary alicyclic amines) is 1. The summed E-state index contributed by atoms with van der Waals surface area (Å²) in [6.45, 7) is 2.85. The zero-order valence-corrected chi connectivity index (χ0v) is 14.8. The highest BCUT2D eigenvalue weighted by Gasteiger charge is 2.46. The fourth-order valence-electron chi connectivity index (χ4n) is 3.93. The summed E-state index contributed by atoms with van der Waals surface area (Å²) >= 11 is 5.97. The molecule has 1 N–H and O–H groups in total. The van der Waals surface area contributed by atoms with Crippen molar-refractivity contribution in [2.24, 2.45) is 0 Å². The Kier molecular flexibility index (Phi) is 3.96. The van der Waals surface area contributed by atoms with Crippen LogP contribution in [0.4, 0.5) is 4.79 Å². The molecule has 0 bridgehead atoms. The number of benzene rings is 1. The topological polar surface area (TPSA) is 65.6 Å². The summed E-state index contributed by atoms with van der Waals surface area (Å²) in [6.07, 6.45) is 1.60. The molecule has 1 aromatic carbocycles. The number of carbonyl (C=O) groups is 1. The van der Waals surface area contributed by atoms with Crippen molar-refractivity contribution in [2.75, 3.05) is 26.7 Å². The minimum atomic E-state index is -0.422. The van der Waals surface area contributed by atoms with Crippen LogP contribution in [0.1, 0.15) is 18.5 Å². The van der Waals surface area contributed by atoms with Crippen LogP contribution in [0.15, 0.2) is 29.1 Å². The average molecular weight is 362 g/mol. The number of H-pyrrole nitrogens is 1. The first-order chi connectivity index (χ1) is 11.9. The molecule has 7 heteroatoms. The summed E-state index contributed by atoms with van der Waals surface area (Å²) in [6, 6.07) is 6.91. The zero-order chi connectivity index (χ0) is 17.6. The second kappa shape index (κ2) is 6.04. The standard InChI is InChI=1S/C18H20ClN3O3/c1-21-10-18(25-17(21)24)5-2-6-22(11-18)9-13-8-16(23)14-7-12(19)3-4-15(14)20-13/h3-4,7-8H,2,5-6,9-11H2,1H3,(H,20,23)/t18-/m1/s1. The number of piperidine rings is 1. The molecule has 1 aromatic heterocycles. The normalized spacial score (nSPS) is 24.2. The molecule has 0 aliphatic carbocycles. The van der Waals surface area contributed by atoms with E-state index in [4.69, 9.17) is 16.3 Å². The SMILES string of the molecule is CN1C[C@@]2(CCCN(Cc3cc(=O)c4cc(Cl)ccc4[nH]3)C2)OC1=O. The average Bonchev–Trinajstić information content (AvgIpc) is 2.81. The van der Waals surface area contributed by atoms with Gasteiger partial charge in [-0.05, 0) is 37.6 Å². The van der Waals surface area contributed by atoms with E-state index in [1.165, 1.54) is 0 Å². The highest BCUT2D eigenvalue weighted by molar-refractivity contribution is 6.31. The van der Waals surface area contributed by atoms with Gasteiger partial charge < -0.3 is 14.6 Å². The Morgan fingerprint density at radius 3 is 2.88 bits per heavy atom. The smallest absolute Gasteiger partial charge is 0.410 e. The predicted octanol–water partition coefficient (Wildman–Crippen LogP) is 2.60. The molecule has 132 valence electrons. The Hall–Kier alpha value is -2.05. The van der Waals surface area contributed by atoms with Gasteiger partial charge in [0.15, 0.2) is 5.43 Å². The van der Waals surface area contributed by atoms with E-state index in [0.717, 1.165) is 30.6 Å². The van der Waals surface area contributed by atoms with Crippen LogP contribution in [0.3, 0.4) is 0 Å². The third-order valence-electron chi connectivity index (χ3n) is 5.00. The van der Waals surface area contributed by atoms with Crippen LogP contribution in [0.25, 0.3) is 10.9 Å². The summed E-state index contributed by atoms with van der Waals surface area (Å²) in [7, 11) is 1.77. The number of rotatable bonds is 2. The molecule has 1 atom stereocenters. The van der Waals surface area contributed by atoms with Crippen molar-refractivity contribution in [2.45, 2.75) is 25.0 Å². The molecule has 2 aliphatic rings. The Bertz CT molecular complexity index is 897. The lowest BCUT2D eigenvalue weighted by atomic mass is 9.92. The number of pyridine rings is 1. The number of hydrogen-bond acceptors (Lipinski definition) is 4. The molecular weight excluding hydrogens is 342 g/mol. The van der Waals surface area contributed by atoms with Gasteiger partial charge in [0.1, 0.15) is 5.60 Å². The number of nitrogens with zero attached hydrogens (tertiary/aromatic N) is 2. The summed E-state index contributed by atoms with van der Waals surface area (Å²) in [4.78, 5) is 31.3. The first-order valence-electron chi connectivity index (χ1n) is 8.42. The van der Waals surface area contributed by atoms with E-state index in [-0.39, 0.29) is 11.5 Å². The van der Waals surface area contributed by atoms with Gasteiger partial charge in [-0.3, -0.25) is 9.69 Å². The molecule has 4 rings (SSSR count). The maximum Gasteiger partial charge on any atom is 0.410 e. The number of amides is 1. The third-order valence-corrected chi connectivity index (χ3v) is 5.24. The molecule has 25 heavy (non-hydrogen) atoms. The number of nitrogens with one attached hydrogen (secondary N) is 1. The van der Waals surface area contributed by atoms with Gasteiger partial charge in [-0.1, -0.05) is 11.6 Å². The first kappa shape index (κ1) is 16.4. The maximum atomic E-state index is 12.4. The van der Waals surface area contributed by atoms with Crippen LogP contribution in [-0.2, 0) is 11.3 Å². The third kappa shape index (κ3) is 3.12. The van der Waals surface area contributed by atoms with Gasteiger partial charge in [0.2, 0.25) is 0 Å². The van der Waals surface area contributed by atoms with E-state index in [1.807, 2.05) is 6.07 Å². The number of carbonyl (C=O) groups excluding carboxylic acids is 1. The van der Waals surface area contributed by atoms with Gasteiger partial charge in [-0.2, -0.15) is 0 Å². The van der Waals surface area contributed by atoms with Crippen LogP contribution in [0, 0.1) is 0 Å². The Labute approximate surface area is 150 Å². The molecule has 2 aliphatic heterocycles. The van der Waals surface area contributed by atoms with E-state index < -0.39 is 5.60 Å². The Morgan fingerprint density at radius 2 is 2.12 bits per heavy atom. The second-order valence-corrected chi connectivity index (χ2v) is 7.51. The molecule has 3 heterocycles. The Morgan fingerprint density at radius 1 is 1.28 bits per heavy atom. The number of fused-ring (bicyclic) bond motifs is 1. The zero-order valence-electron chi connectivity index (χ0n) is 14.0. The minimum Gasteiger partial charge on any atom is -0.440 e. The molecule has 0 unspecified atom stereocenters. The van der Waals surface area contributed by atoms with Crippen molar-refractivity contribution >= 4 is 28.6 Å². The number of aromatic nitrogens is 1. The van der Waals surface area contributed by atoms with Crippen LogP contribution in [0.5, 0.6) is 0 Å². The van der Waals surface area contributed by atoms with Crippen LogP contribution in [-0.4, -0.2) is 53.2 Å². The maximum absolute atomic E-state index is 12.4. The number of halogens is 1. The van der Waals surface area contributed by atoms with Crippen molar-refractivity contribution in [1.82, 2.24) is 14.8 Å². The first-order valence-corrected chi connectivity index (χ1v) is 8.80. The number of ether oxygens (including phenoxy) is 1. The number of hydrogen-bond donors (Lipinski definition) is 1. The van der Waals surface area contributed by atoms with Gasteiger partial charge in [-0.25, -0.2) is 4.79 Å². The minimum absolute atomic E-state index is 0.0370.